The molecular formula is C43H49N3O4S. The number of β-amino-alcohol motifs (C(OH)–C–C–N with tert-alkyl or cyclic N) is 1. The number of allylic oxidation sites excluding steroid dienone is 4. The molecule has 51 heavy (non-hydrogen) atoms. The number of aliphatic hydroxyl groups excluding tert-OH is 1. The minimum Gasteiger partial charge on any atom is -0.393 e. The lowest BCUT2D eigenvalue weighted by Gasteiger charge is -2.71. The zero-order valence-electron chi connectivity index (χ0n) is 29.7. The van der Waals surface area contributed by atoms with E-state index in [1.807, 2.05) is 41.0 Å². The number of nitrogens with zero attached hydrogens (tertiary/aromatic N) is 2. The van der Waals surface area contributed by atoms with E-state index < -0.39 is 11.0 Å². The molecule has 0 amide bonds. The highest BCUT2D eigenvalue weighted by Gasteiger charge is 2.74. The van der Waals surface area contributed by atoms with Crippen LogP contribution in [0.15, 0.2) is 83.2 Å². The van der Waals surface area contributed by atoms with Crippen molar-refractivity contribution in [2.24, 2.45) is 33.5 Å². The van der Waals surface area contributed by atoms with Crippen LogP contribution in [-0.2, 0) is 0 Å². The van der Waals surface area contributed by atoms with Crippen LogP contribution >= 0.6 is 11.3 Å². The van der Waals surface area contributed by atoms with Crippen LogP contribution < -0.4 is 5.69 Å². The summed E-state index contributed by atoms with van der Waals surface area (Å²) < 4.78 is 3.07. The number of carbonyl (C=O) groups excluding carboxylic acids is 1. The van der Waals surface area contributed by atoms with Crippen LogP contribution in [0.1, 0.15) is 87.3 Å². The van der Waals surface area contributed by atoms with Crippen molar-refractivity contribution >= 4 is 38.2 Å². The van der Waals surface area contributed by atoms with Gasteiger partial charge in [-0.15, -0.1) is 11.3 Å². The van der Waals surface area contributed by atoms with E-state index in [2.05, 4.69) is 60.2 Å². The highest BCUT2D eigenvalue weighted by molar-refractivity contribution is 7.21. The van der Waals surface area contributed by atoms with Gasteiger partial charge in [0, 0.05) is 52.2 Å². The number of H-pyrrole nitrogens is 1. The number of ketones is 1. The second kappa shape index (κ2) is 10.9. The van der Waals surface area contributed by atoms with Gasteiger partial charge in [-0.25, -0.2) is 4.79 Å². The number of benzene rings is 2. The van der Waals surface area contributed by atoms with Crippen LogP contribution in [0.2, 0.25) is 0 Å². The molecule has 4 fully saturated rings. The minimum absolute atomic E-state index is 0.0392. The molecule has 1 aliphatic heterocycles. The first-order chi connectivity index (χ1) is 24.5. The molecule has 2 aromatic carbocycles. The predicted molar refractivity (Wildman–Crippen MR) is 202 cm³/mol. The number of likely N-dealkylation sites (tertiary alicyclic amines) is 1. The standard InChI is InChI=1S/C43H49N3O4S/c1-39-16-11-29(47)24-41(39)19-20-43(30(25-41)37(48)34-23-27-7-3-6-10-33(27)51-34)35(39)12-17-40(2)36(43)13-18-42(40,50)26-45-21-14-28(15-22-45)46-32-9-5-4-8-31(32)44-38(46)49/h3-10,19-20,23,25,28-29,35-36,47,50H,11-18,21-22,24,26H2,1-2H3,(H,44,49)/t29?,35-,36-,39-,40+,41+,42-,43-/m1/s1. The third-order valence-electron chi connectivity index (χ3n) is 15.6. The van der Waals surface area contributed by atoms with E-state index in [0.717, 1.165) is 96.0 Å². The average molecular weight is 704 g/mol. The summed E-state index contributed by atoms with van der Waals surface area (Å²) in [6.07, 6.45) is 14.5. The van der Waals surface area contributed by atoms with Crippen molar-refractivity contribution in [3.05, 3.63) is 93.8 Å². The zero-order chi connectivity index (χ0) is 35.0. The first kappa shape index (κ1) is 32.4. The van der Waals surface area contributed by atoms with Gasteiger partial charge in [0.1, 0.15) is 0 Å². The molecule has 7 nitrogen and oxygen atoms in total. The first-order valence-corrected chi connectivity index (χ1v) is 20.1. The summed E-state index contributed by atoms with van der Waals surface area (Å²) in [4.78, 5) is 34.3. The summed E-state index contributed by atoms with van der Waals surface area (Å²) in [5.41, 5.74) is 0.668. The maximum absolute atomic E-state index is 15.0. The minimum atomic E-state index is -0.878. The Labute approximate surface area is 303 Å². The van der Waals surface area contributed by atoms with Crippen molar-refractivity contribution in [2.75, 3.05) is 19.6 Å². The first-order valence-electron chi connectivity index (χ1n) is 19.3. The number of thiophene rings is 1. The number of aromatic amines is 1. The molecule has 1 unspecified atom stereocenters. The molecule has 2 aromatic heterocycles. The molecule has 2 spiro atoms. The van der Waals surface area contributed by atoms with Gasteiger partial charge < -0.3 is 20.1 Å². The smallest absolute Gasteiger partial charge is 0.326 e. The van der Waals surface area contributed by atoms with E-state index in [1.165, 1.54) is 0 Å². The summed E-state index contributed by atoms with van der Waals surface area (Å²) in [6.45, 7) is 7.09. The Bertz CT molecular complexity index is 2170. The molecule has 11 rings (SSSR count). The van der Waals surface area contributed by atoms with Gasteiger partial charge in [0.25, 0.3) is 0 Å². The normalized spacial score (nSPS) is 39.2. The number of aromatic nitrogens is 2. The van der Waals surface area contributed by atoms with E-state index in [4.69, 9.17) is 0 Å². The van der Waals surface area contributed by atoms with Crippen LogP contribution in [0.25, 0.3) is 21.1 Å². The molecule has 3 N–H and O–H groups in total. The van der Waals surface area contributed by atoms with Gasteiger partial charge in [-0.1, -0.05) is 62.4 Å². The van der Waals surface area contributed by atoms with Crippen LogP contribution in [0.5, 0.6) is 0 Å². The maximum atomic E-state index is 15.0. The highest BCUT2D eigenvalue weighted by atomic mass is 32.1. The monoisotopic (exact) mass is 703 g/mol. The van der Waals surface area contributed by atoms with Crippen molar-refractivity contribution < 1.29 is 15.0 Å². The van der Waals surface area contributed by atoms with Crippen molar-refractivity contribution in [1.82, 2.24) is 14.5 Å². The number of para-hydroxylation sites is 2. The quantitative estimate of drug-likeness (QED) is 0.147. The molecular weight excluding hydrogens is 655 g/mol. The number of aliphatic hydroxyl groups is 2. The van der Waals surface area contributed by atoms with Crippen LogP contribution in [0, 0.1) is 33.5 Å². The lowest BCUT2D eigenvalue weighted by atomic mass is 9.32. The molecule has 0 radical (unpaired) electrons. The summed E-state index contributed by atoms with van der Waals surface area (Å²) in [7, 11) is 0. The second-order valence-corrected chi connectivity index (χ2v) is 18.7. The van der Waals surface area contributed by atoms with Gasteiger partial charge in [0.15, 0.2) is 5.78 Å². The van der Waals surface area contributed by atoms with E-state index >= 15 is 4.79 Å². The Balaban J connectivity index is 0.985. The fraction of sp³-hybridized carbons (Fsp3) is 0.535. The summed E-state index contributed by atoms with van der Waals surface area (Å²) in [6, 6.07) is 18.4. The number of Topliss-reactive ketones (excluding diaryl/α,β-unsaturated/α-hetero) is 1. The van der Waals surface area contributed by atoms with Crippen LogP contribution in [0.4, 0.5) is 0 Å². The number of imidazole rings is 1. The van der Waals surface area contributed by atoms with Gasteiger partial charge in [0.05, 0.1) is 27.6 Å². The second-order valence-electron chi connectivity index (χ2n) is 17.6. The number of nitrogens with one attached hydrogen (secondary N) is 1. The zero-order valence-corrected chi connectivity index (χ0v) is 30.6. The molecule has 3 heterocycles. The molecule has 266 valence electrons. The van der Waals surface area contributed by atoms with Crippen molar-refractivity contribution in [2.45, 2.75) is 89.4 Å². The molecule has 1 saturated heterocycles. The van der Waals surface area contributed by atoms with Gasteiger partial charge >= 0.3 is 5.69 Å². The van der Waals surface area contributed by atoms with Crippen LogP contribution in [-0.4, -0.2) is 61.8 Å². The fourth-order valence-electron chi connectivity index (χ4n) is 13.0. The molecule has 4 aromatic rings. The summed E-state index contributed by atoms with van der Waals surface area (Å²) in [5.74, 6) is 0.562. The summed E-state index contributed by atoms with van der Waals surface area (Å²) in [5, 5.41) is 25.1. The van der Waals surface area contributed by atoms with E-state index in [9.17, 15) is 15.0 Å². The molecule has 8 atom stereocenters. The largest absolute Gasteiger partial charge is 0.393 e. The Morgan fingerprint density at radius 1 is 0.922 bits per heavy atom. The number of piperidine rings is 1. The topological polar surface area (TPSA) is 98.6 Å². The number of rotatable bonds is 5. The van der Waals surface area contributed by atoms with Gasteiger partial charge in [-0.05, 0) is 105 Å². The Morgan fingerprint density at radius 3 is 2.47 bits per heavy atom. The number of hydrogen-bond donors (Lipinski definition) is 3. The average Bonchev–Trinajstić information content (AvgIpc) is 3.79. The SMILES string of the molecule is C[C@]12CC[C@H]3[C@]4(C=C[C@@]5(C=C4C(=O)c4cc6ccccc6s4)CC(O)CC[C@]35C)[C@@H]1CC[C@@]2(O)CN1CCC(n2c(=O)[nH]c3ccccc32)CC1. The third kappa shape index (κ3) is 4.22. The van der Waals surface area contributed by atoms with Crippen LogP contribution in [0.3, 0.4) is 0 Å². The van der Waals surface area contributed by atoms with E-state index in [-0.39, 0.29) is 51.7 Å². The molecule has 7 aliphatic rings. The molecule has 3 saturated carbocycles. The molecule has 2 bridgehead atoms. The number of hydrogen-bond acceptors (Lipinski definition) is 6. The molecule has 6 aliphatic carbocycles. The van der Waals surface area contributed by atoms with Gasteiger partial charge in [0.2, 0.25) is 0 Å². The number of fused-ring (bicyclic) bond motifs is 3. The lowest BCUT2D eigenvalue weighted by molar-refractivity contribution is -0.176. The fourth-order valence-corrected chi connectivity index (χ4v) is 14.0. The Hall–Kier alpha value is -3.30. The number of carbonyl (C=O) groups is 1. The Kier molecular flexibility index (Phi) is 6.90. The van der Waals surface area contributed by atoms with E-state index in [0.29, 0.717) is 13.0 Å². The third-order valence-corrected chi connectivity index (χ3v) is 16.8. The highest BCUT2D eigenvalue weighted by Crippen LogP contribution is 2.78. The van der Waals surface area contributed by atoms with Crippen molar-refractivity contribution in [3.63, 3.8) is 0 Å². The maximum Gasteiger partial charge on any atom is 0.326 e. The molecule has 8 heteroatoms. The van der Waals surface area contributed by atoms with Crippen molar-refractivity contribution in [3.8, 4) is 0 Å². The summed E-state index contributed by atoms with van der Waals surface area (Å²) >= 11 is 1.59. The predicted octanol–water partition coefficient (Wildman–Crippen LogP) is 7.66. The van der Waals surface area contributed by atoms with Gasteiger partial charge in [-0.2, -0.15) is 0 Å². The lowest BCUT2D eigenvalue weighted by Crippen LogP contribution is -2.67. The van der Waals surface area contributed by atoms with E-state index in [1.54, 1.807) is 11.3 Å². The Morgan fingerprint density at radius 2 is 1.65 bits per heavy atom. The van der Waals surface area contributed by atoms with Gasteiger partial charge in [-0.3, -0.25) is 9.36 Å². The van der Waals surface area contributed by atoms with Crippen molar-refractivity contribution in [1.29, 1.82) is 0 Å².